The molecule has 4 rings (SSSR count). The van der Waals surface area contributed by atoms with Gasteiger partial charge in [0.2, 0.25) is 5.13 Å². The van der Waals surface area contributed by atoms with Crippen LogP contribution in [0.1, 0.15) is 28.0 Å². The molecule has 0 radical (unpaired) electrons. The van der Waals surface area contributed by atoms with E-state index in [0.717, 1.165) is 42.7 Å². The topological polar surface area (TPSA) is 76.6 Å². The van der Waals surface area contributed by atoms with Crippen LogP contribution >= 0.6 is 22.9 Å². The minimum Gasteiger partial charge on any atom is -0.406 e. The molecule has 3 aromatic rings. The normalized spacial score (nSPS) is 15.8. The molecule has 1 N–H and O–H groups in total. The van der Waals surface area contributed by atoms with Crippen LogP contribution in [0, 0.1) is 6.92 Å². The van der Waals surface area contributed by atoms with Crippen LogP contribution in [0.15, 0.2) is 30.3 Å². The van der Waals surface area contributed by atoms with Crippen LogP contribution in [-0.4, -0.2) is 58.9 Å². The number of aryl methyl sites for hydroxylation is 1. The van der Waals surface area contributed by atoms with E-state index in [1.165, 1.54) is 29.5 Å². The van der Waals surface area contributed by atoms with E-state index in [-0.39, 0.29) is 17.7 Å². The lowest BCUT2D eigenvalue weighted by Gasteiger charge is -2.31. The molecule has 0 bridgehead atoms. The molecule has 0 saturated carbocycles. The number of hydrogen-bond donors (Lipinski definition) is 1. The highest BCUT2D eigenvalue weighted by molar-refractivity contribution is 7.15. The number of nitrogens with one attached hydrogen (secondary N) is 1. The molecular weight excluding hydrogens is 489 g/mol. The molecule has 1 unspecified atom stereocenters. The van der Waals surface area contributed by atoms with Crippen LogP contribution in [0.5, 0.6) is 5.75 Å². The van der Waals surface area contributed by atoms with Gasteiger partial charge in [-0.2, -0.15) is 4.37 Å². The Morgan fingerprint density at radius 3 is 2.79 bits per heavy atom. The first-order chi connectivity index (χ1) is 16.2. The molecule has 0 spiro atoms. The van der Waals surface area contributed by atoms with Crippen LogP contribution in [0.4, 0.5) is 18.3 Å². The van der Waals surface area contributed by atoms with Gasteiger partial charge in [0.05, 0.1) is 18.8 Å². The number of amides is 1. The number of benzene rings is 1. The van der Waals surface area contributed by atoms with Gasteiger partial charge in [0.1, 0.15) is 11.6 Å². The summed E-state index contributed by atoms with van der Waals surface area (Å²) in [6.45, 7) is 7.10. The van der Waals surface area contributed by atoms with Crippen LogP contribution in [0.3, 0.4) is 0 Å². The molecule has 1 aliphatic heterocycles. The summed E-state index contributed by atoms with van der Waals surface area (Å²) >= 11 is 2.44. The molecule has 1 aromatic carbocycles. The second-order valence-corrected chi connectivity index (χ2v) is 9.84. The van der Waals surface area contributed by atoms with Crippen molar-refractivity contribution >= 4 is 33.9 Å². The predicted molar refractivity (Wildman–Crippen MR) is 125 cm³/mol. The van der Waals surface area contributed by atoms with Crippen LogP contribution in [0.2, 0.25) is 0 Å². The maximum atomic E-state index is 12.9. The first-order valence-electron chi connectivity index (χ1n) is 10.6. The highest BCUT2D eigenvalue weighted by atomic mass is 32.1. The van der Waals surface area contributed by atoms with E-state index in [0.29, 0.717) is 33.4 Å². The highest BCUT2D eigenvalue weighted by Crippen LogP contribution is 2.34. The Labute approximate surface area is 202 Å². The van der Waals surface area contributed by atoms with Crippen molar-refractivity contribution in [2.75, 3.05) is 31.6 Å². The van der Waals surface area contributed by atoms with Gasteiger partial charge < -0.3 is 9.47 Å². The van der Waals surface area contributed by atoms with E-state index in [1.54, 1.807) is 19.1 Å². The average Bonchev–Trinajstić information content (AvgIpc) is 3.39. The first kappa shape index (κ1) is 24.6. The molecule has 1 aliphatic rings. The van der Waals surface area contributed by atoms with Gasteiger partial charge in [0, 0.05) is 46.8 Å². The summed E-state index contributed by atoms with van der Waals surface area (Å²) in [4.78, 5) is 21.0. The van der Waals surface area contributed by atoms with Crippen LogP contribution in [0.25, 0.3) is 10.4 Å². The molecule has 1 amide bonds. The maximum absolute atomic E-state index is 12.9. The summed E-state index contributed by atoms with van der Waals surface area (Å²) in [5.41, 5.74) is 0.963. The fraction of sp³-hybridized carbons (Fsp3) is 0.409. The monoisotopic (exact) mass is 512 g/mol. The summed E-state index contributed by atoms with van der Waals surface area (Å²) in [7, 11) is 0. The van der Waals surface area contributed by atoms with Gasteiger partial charge in [-0.3, -0.25) is 15.0 Å². The lowest BCUT2D eigenvalue weighted by molar-refractivity contribution is -0.274. The number of thiophene rings is 1. The van der Waals surface area contributed by atoms with Gasteiger partial charge in [0.15, 0.2) is 0 Å². The number of nitrogens with zero attached hydrogens (tertiary/aromatic N) is 3. The number of ether oxygens (including phenoxy) is 2. The molecule has 3 heterocycles. The van der Waals surface area contributed by atoms with Crippen molar-refractivity contribution in [1.29, 1.82) is 0 Å². The fourth-order valence-corrected chi connectivity index (χ4v) is 5.26. The van der Waals surface area contributed by atoms with Crippen LogP contribution < -0.4 is 10.1 Å². The molecule has 0 aliphatic carbocycles. The summed E-state index contributed by atoms with van der Waals surface area (Å²) in [5, 5.41) is 3.19. The highest BCUT2D eigenvalue weighted by Gasteiger charge is 2.31. The van der Waals surface area contributed by atoms with E-state index in [9.17, 15) is 18.0 Å². The van der Waals surface area contributed by atoms with Gasteiger partial charge in [0.25, 0.3) is 5.91 Å². The van der Waals surface area contributed by atoms with Gasteiger partial charge in [-0.1, -0.05) is 12.1 Å². The molecule has 1 atom stereocenters. The van der Waals surface area contributed by atoms with Gasteiger partial charge in [-0.15, -0.1) is 24.5 Å². The number of morpholine rings is 1. The van der Waals surface area contributed by atoms with E-state index >= 15 is 0 Å². The second-order valence-electron chi connectivity index (χ2n) is 7.83. The van der Waals surface area contributed by atoms with E-state index < -0.39 is 6.36 Å². The molecule has 34 heavy (non-hydrogen) atoms. The number of alkyl halides is 3. The Morgan fingerprint density at radius 1 is 1.29 bits per heavy atom. The second kappa shape index (κ2) is 10.4. The van der Waals surface area contributed by atoms with E-state index in [2.05, 4.69) is 31.2 Å². The number of anilines is 1. The number of hydrogen-bond acceptors (Lipinski definition) is 8. The number of rotatable bonds is 7. The summed E-state index contributed by atoms with van der Waals surface area (Å²) in [5.74, 6) is 0.0184. The third-order valence-electron chi connectivity index (χ3n) is 5.35. The minimum atomic E-state index is -4.77. The zero-order valence-electron chi connectivity index (χ0n) is 18.5. The Bertz CT molecular complexity index is 1140. The van der Waals surface area contributed by atoms with E-state index in [4.69, 9.17) is 4.74 Å². The van der Waals surface area contributed by atoms with Crippen molar-refractivity contribution in [3.05, 3.63) is 46.6 Å². The third kappa shape index (κ3) is 6.32. The predicted octanol–water partition coefficient (Wildman–Crippen LogP) is 4.99. The minimum absolute atomic E-state index is 0.265. The summed E-state index contributed by atoms with van der Waals surface area (Å²) in [6.07, 6.45) is -4.10. The Kier molecular flexibility index (Phi) is 7.51. The number of aromatic nitrogens is 2. The molecular formula is C22H23F3N4O3S2. The quantitative estimate of drug-likeness (QED) is 0.481. The van der Waals surface area contributed by atoms with Gasteiger partial charge >= 0.3 is 6.36 Å². The standard InChI is InChI=1S/C22H23F3N4O3S2/c1-13(29-6-8-31-9-7-29)10-19-26-21(34-28-19)27-20(30)17-12-18(33-14(17)2)15-4-3-5-16(11-15)32-22(23,24)25/h3-5,11-13H,6-10H2,1-2H3,(H,26,27,28,30). The first-order valence-corrected chi connectivity index (χ1v) is 12.2. The lowest BCUT2D eigenvalue weighted by atomic mass is 10.1. The Balaban J connectivity index is 1.41. The molecule has 1 saturated heterocycles. The maximum Gasteiger partial charge on any atom is 0.573 e. The molecule has 2 aromatic heterocycles. The van der Waals surface area contributed by atoms with Crippen molar-refractivity contribution in [1.82, 2.24) is 14.3 Å². The fourth-order valence-electron chi connectivity index (χ4n) is 3.66. The Hall–Kier alpha value is -2.54. The summed E-state index contributed by atoms with van der Waals surface area (Å²) in [6, 6.07) is 7.60. The molecule has 12 heteroatoms. The Morgan fingerprint density at radius 2 is 2.06 bits per heavy atom. The van der Waals surface area contributed by atoms with Crippen LogP contribution in [-0.2, 0) is 11.2 Å². The smallest absolute Gasteiger partial charge is 0.406 e. The average molecular weight is 513 g/mol. The van der Waals surface area contributed by atoms with Gasteiger partial charge in [-0.05, 0) is 37.6 Å². The van der Waals surface area contributed by atoms with Crippen molar-refractivity contribution < 1.29 is 27.4 Å². The summed E-state index contributed by atoms with van der Waals surface area (Å²) < 4.78 is 51.3. The van der Waals surface area contributed by atoms with Crippen molar-refractivity contribution in [3.8, 4) is 16.2 Å². The zero-order chi connectivity index (χ0) is 24.3. The third-order valence-corrected chi connectivity index (χ3v) is 7.12. The molecule has 7 nitrogen and oxygen atoms in total. The largest absolute Gasteiger partial charge is 0.573 e. The van der Waals surface area contributed by atoms with Crippen molar-refractivity contribution in [2.24, 2.45) is 0 Å². The number of halogens is 3. The lowest BCUT2D eigenvalue weighted by Crippen LogP contribution is -2.43. The van der Waals surface area contributed by atoms with Crippen molar-refractivity contribution in [3.63, 3.8) is 0 Å². The number of carbonyl (C=O) groups is 1. The number of carbonyl (C=O) groups excluding carboxylic acids is 1. The molecule has 1 fully saturated rings. The van der Waals surface area contributed by atoms with Gasteiger partial charge in [-0.25, -0.2) is 4.98 Å². The molecule has 182 valence electrons. The van der Waals surface area contributed by atoms with Crippen molar-refractivity contribution in [2.45, 2.75) is 32.7 Å². The zero-order valence-corrected chi connectivity index (χ0v) is 20.1. The SMILES string of the molecule is Cc1sc(-c2cccc(OC(F)(F)F)c2)cc1C(=O)Nc1nc(CC(C)N2CCOCC2)ns1. The van der Waals surface area contributed by atoms with E-state index in [1.807, 2.05) is 0 Å².